The van der Waals surface area contributed by atoms with E-state index in [9.17, 15) is 9.90 Å². The highest BCUT2D eigenvalue weighted by molar-refractivity contribution is 6.37. The van der Waals surface area contributed by atoms with Crippen molar-refractivity contribution >= 4 is 51.7 Å². The minimum atomic E-state index is -0.920. The summed E-state index contributed by atoms with van der Waals surface area (Å²) in [6.07, 6.45) is 4.30. The predicted molar refractivity (Wildman–Crippen MR) is 106 cm³/mol. The highest BCUT2D eigenvalue weighted by Gasteiger charge is 2.25. The molecule has 3 nitrogen and oxygen atoms in total. The Balaban J connectivity index is 2.00. The summed E-state index contributed by atoms with van der Waals surface area (Å²) >= 11 is 12.6. The number of carboxylic acid groups (broad SMARTS) is 1. The molecule has 0 spiro atoms. The van der Waals surface area contributed by atoms with Gasteiger partial charge in [0.25, 0.3) is 0 Å². The van der Waals surface area contributed by atoms with E-state index >= 15 is 0 Å². The number of hydrogen-bond donors (Lipinski definition) is 1. The lowest BCUT2D eigenvalue weighted by Gasteiger charge is -2.22. The van der Waals surface area contributed by atoms with Gasteiger partial charge in [-0.25, -0.2) is 9.78 Å². The maximum atomic E-state index is 12.0. The summed E-state index contributed by atoms with van der Waals surface area (Å²) < 4.78 is 0. The first kappa shape index (κ1) is 17.1. The molecular formula is C21H15Cl2NO2. The van der Waals surface area contributed by atoms with E-state index < -0.39 is 5.97 Å². The van der Waals surface area contributed by atoms with Gasteiger partial charge < -0.3 is 5.11 Å². The van der Waals surface area contributed by atoms with Crippen LogP contribution in [-0.4, -0.2) is 16.1 Å². The number of nitrogens with zero attached hydrogens (tertiary/aromatic N) is 1. The fraction of sp³-hybridized carbons (Fsp3) is 0.143. The van der Waals surface area contributed by atoms with Crippen LogP contribution in [0.4, 0.5) is 0 Å². The largest absolute Gasteiger partial charge is 0.478 e. The molecule has 3 aromatic rings. The Hall–Kier alpha value is -2.36. The van der Waals surface area contributed by atoms with Crippen molar-refractivity contribution in [1.82, 2.24) is 4.98 Å². The number of fused-ring (bicyclic) bond motifs is 2. The summed E-state index contributed by atoms with van der Waals surface area (Å²) in [5.41, 5.74) is 4.27. The molecule has 4 rings (SSSR count). The number of aromatic carboxylic acids is 1. The summed E-state index contributed by atoms with van der Waals surface area (Å²) in [5.74, 6) is -0.920. The molecule has 0 bridgehead atoms. The Bertz CT molecular complexity index is 1050. The van der Waals surface area contributed by atoms with Crippen molar-refractivity contribution in [2.24, 2.45) is 0 Å². The number of carboxylic acids is 1. The van der Waals surface area contributed by atoms with Gasteiger partial charge in [-0.1, -0.05) is 47.5 Å². The van der Waals surface area contributed by atoms with Crippen molar-refractivity contribution in [1.29, 1.82) is 0 Å². The zero-order valence-electron chi connectivity index (χ0n) is 13.8. The molecule has 130 valence electrons. The molecular weight excluding hydrogens is 369 g/mol. The number of aromatic nitrogens is 1. The van der Waals surface area contributed by atoms with Crippen LogP contribution in [0.3, 0.4) is 0 Å². The Labute approximate surface area is 160 Å². The van der Waals surface area contributed by atoms with Gasteiger partial charge in [0.1, 0.15) is 0 Å². The normalized spacial score (nSPS) is 15.2. The van der Waals surface area contributed by atoms with E-state index in [1.165, 1.54) is 0 Å². The number of rotatable bonds is 2. The van der Waals surface area contributed by atoms with Gasteiger partial charge in [0.2, 0.25) is 0 Å². The van der Waals surface area contributed by atoms with E-state index in [0.717, 1.165) is 35.2 Å². The molecule has 0 fully saturated rings. The van der Waals surface area contributed by atoms with Crippen LogP contribution < -0.4 is 0 Å². The molecule has 0 amide bonds. The van der Waals surface area contributed by atoms with E-state index in [1.54, 1.807) is 18.2 Å². The van der Waals surface area contributed by atoms with Gasteiger partial charge in [-0.15, -0.1) is 0 Å². The molecule has 26 heavy (non-hydrogen) atoms. The van der Waals surface area contributed by atoms with E-state index in [1.807, 2.05) is 30.3 Å². The minimum absolute atomic E-state index is 0.349. The number of hydrogen-bond acceptors (Lipinski definition) is 2. The van der Waals surface area contributed by atoms with Crippen LogP contribution in [0.2, 0.25) is 10.0 Å². The number of benzene rings is 2. The van der Waals surface area contributed by atoms with Crippen LogP contribution in [0.1, 0.15) is 40.0 Å². The zero-order valence-corrected chi connectivity index (χ0v) is 15.3. The fourth-order valence-electron chi connectivity index (χ4n) is 3.54. The van der Waals surface area contributed by atoms with E-state index in [-0.39, 0.29) is 0 Å². The van der Waals surface area contributed by atoms with Crippen LogP contribution in [0.5, 0.6) is 0 Å². The second-order valence-corrected chi connectivity index (χ2v) is 7.11. The molecule has 0 radical (unpaired) electrons. The average molecular weight is 384 g/mol. The third-order valence-corrected chi connectivity index (χ3v) is 5.36. The van der Waals surface area contributed by atoms with Gasteiger partial charge in [0.15, 0.2) is 0 Å². The molecule has 0 saturated heterocycles. The van der Waals surface area contributed by atoms with Crippen LogP contribution in [0.25, 0.3) is 22.6 Å². The van der Waals surface area contributed by atoms with E-state index in [4.69, 9.17) is 28.2 Å². The molecule has 0 aliphatic heterocycles. The monoisotopic (exact) mass is 383 g/mol. The third-order valence-electron chi connectivity index (χ3n) is 4.70. The number of pyridine rings is 1. The Morgan fingerprint density at radius 3 is 2.50 bits per heavy atom. The third kappa shape index (κ3) is 2.87. The predicted octanol–water partition coefficient (Wildman–Crippen LogP) is 6.12. The highest BCUT2D eigenvalue weighted by Crippen LogP contribution is 2.38. The first-order valence-electron chi connectivity index (χ1n) is 8.36. The van der Waals surface area contributed by atoms with E-state index in [0.29, 0.717) is 32.9 Å². The maximum Gasteiger partial charge on any atom is 0.336 e. The topological polar surface area (TPSA) is 50.2 Å². The molecule has 1 aliphatic rings. The van der Waals surface area contributed by atoms with Crippen molar-refractivity contribution < 1.29 is 9.90 Å². The van der Waals surface area contributed by atoms with Crippen LogP contribution in [0.15, 0.2) is 42.5 Å². The first-order valence-corrected chi connectivity index (χ1v) is 9.11. The molecule has 1 N–H and O–H groups in total. The van der Waals surface area contributed by atoms with Crippen molar-refractivity contribution in [3.05, 3.63) is 74.9 Å². The van der Waals surface area contributed by atoms with Gasteiger partial charge in [-0.3, -0.25) is 0 Å². The summed E-state index contributed by atoms with van der Waals surface area (Å²) in [6.45, 7) is 0. The van der Waals surface area contributed by atoms with Gasteiger partial charge in [0.05, 0.1) is 16.8 Å². The van der Waals surface area contributed by atoms with Crippen LogP contribution in [0, 0.1) is 0 Å². The lowest BCUT2D eigenvalue weighted by atomic mass is 9.86. The van der Waals surface area contributed by atoms with Crippen molar-refractivity contribution in [2.45, 2.75) is 19.3 Å². The quantitative estimate of drug-likeness (QED) is 0.579. The Morgan fingerprint density at radius 2 is 1.77 bits per heavy atom. The summed E-state index contributed by atoms with van der Waals surface area (Å²) in [4.78, 5) is 16.7. The molecule has 1 heterocycles. The summed E-state index contributed by atoms with van der Waals surface area (Å²) in [7, 11) is 0. The van der Waals surface area contributed by atoms with Gasteiger partial charge in [-0.2, -0.15) is 0 Å². The van der Waals surface area contributed by atoms with E-state index in [2.05, 4.69) is 0 Å². The minimum Gasteiger partial charge on any atom is -0.478 e. The first-order chi connectivity index (χ1) is 12.6. The average Bonchev–Trinajstić information content (AvgIpc) is 2.62. The number of allylic oxidation sites excluding steroid dienone is 1. The van der Waals surface area contributed by atoms with Crippen molar-refractivity contribution in [3.63, 3.8) is 0 Å². The van der Waals surface area contributed by atoms with Gasteiger partial charge >= 0.3 is 5.97 Å². The lowest BCUT2D eigenvalue weighted by Crippen LogP contribution is -2.13. The smallest absolute Gasteiger partial charge is 0.336 e. The molecule has 2 aromatic carbocycles. The second kappa shape index (κ2) is 6.75. The molecule has 1 aromatic heterocycles. The number of para-hydroxylation sites is 1. The van der Waals surface area contributed by atoms with Crippen LogP contribution >= 0.6 is 23.2 Å². The highest BCUT2D eigenvalue weighted by atomic mass is 35.5. The molecule has 1 aliphatic carbocycles. The standard InChI is InChI=1S/C21H15Cl2NO2/c22-16-8-4-9-17(23)15(16)11-12-5-3-7-14-19(21(25)26)13-6-1-2-10-18(13)24-20(12)14/h1-2,4,6,8-11H,3,5,7H2,(H,25,26)/b12-11+. The summed E-state index contributed by atoms with van der Waals surface area (Å²) in [5, 5.41) is 11.6. The SMILES string of the molecule is O=C(O)c1c2c(nc3ccccc13)/C(=C/c1c(Cl)cccc1Cl)CCC2. The zero-order chi connectivity index (χ0) is 18.3. The number of halogens is 2. The lowest BCUT2D eigenvalue weighted by molar-refractivity contribution is 0.0697. The second-order valence-electron chi connectivity index (χ2n) is 6.29. The van der Waals surface area contributed by atoms with Crippen molar-refractivity contribution in [2.75, 3.05) is 0 Å². The van der Waals surface area contributed by atoms with Gasteiger partial charge in [-0.05, 0) is 54.7 Å². The fourth-order valence-corrected chi connectivity index (χ4v) is 4.05. The van der Waals surface area contributed by atoms with Crippen LogP contribution in [-0.2, 0) is 6.42 Å². The van der Waals surface area contributed by atoms with Crippen molar-refractivity contribution in [3.8, 4) is 0 Å². The molecule has 5 heteroatoms. The molecule has 0 unspecified atom stereocenters. The molecule has 0 atom stereocenters. The maximum absolute atomic E-state index is 12.0. The van der Waals surface area contributed by atoms with Gasteiger partial charge in [0, 0.05) is 21.0 Å². The Morgan fingerprint density at radius 1 is 1.04 bits per heavy atom. The number of carbonyl (C=O) groups is 1. The molecule has 0 saturated carbocycles. The summed E-state index contributed by atoms with van der Waals surface area (Å²) in [6, 6.07) is 12.7. The Kier molecular flexibility index (Phi) is 4.43.